The molecule has 0 aromatic rings. The molecule has 0 bridgehead atoms. The molecule has 0 aromatic heterocycles. The predicted molar refractivity (Wildman–Crippen MR) is 81.1 cm³/mol. The Morgan fingerprint density at radius 1 is 0.846 bits per heavy atom. The number of esters is 4. The van der Waals surface area contributed by atoms with E-state index in [2.05, 4.69) is 10.0 Å². The van der Waals surface area contributed by atoms with Crippen LogP contribution < -0.4 is 0 Å². The first-order valence-corrected chi connectivity index (χ1v) is 7.51. The van der Waals surface area contributed by atoms with Gasteiger partial charge < -0.3 is 23.7 Å². The summed E-state index contributed by atoms with van der Waals surface area (Å²) in [5.74, 6) is -3.05. The van der Waals surface area contributed by atoms with E-state index in [0.29, 0.717) is 0 Å². The molecule has 26 heavy (non-hydrogen) atoms. The Morgan fingerprint density at radius 3 is 1.77 bits per heavy atom. The zero-order valence-corrected chi connectivity index (χ0v) is 14.6. The predicted octanol–water partition coefficient (Wildman–Crippen LogP) is 0.380. The molecule has 0 unspecified atom stereocenters. The lowest BCUT2D eigenvalue weighted by Crippen LogP contribution is -2.62. The molecule has 1 fully saturated rings. The van der Waals surface area contributed by atoms with Gasteiger partial charge in [0.2, 0.25) is 12.4 Å². The highest BCUT2D eigenvalue weighted by Crippen LogP contribution is 2.29. The van der Waals surface area contributed by atoms with Crippen molar-refractivity contribution in [3.05, 3.63) is 10.4 Å². The van der Waals surface area contributed by atoms with Crippen molar-refractivity contribution in [2.75, 3.05) is 6.54 Å². The second-order valence-electron chi connectivity index (χ2n) is 5.29. The summed E-state index contributed by atoms with van der Waals surface area (Å²) >= 11 is 0. The Hall–Kier alpha value is -2.85. The number of hydrogen-bond acceptors (Lipinski definition) is 10. The van der Waals surface area contributed by atoms with Gasteiger partial charge in [-0.3, -0.25) is 19.2 Å². The Morgan fingerprint density at radius 2 is 1.31 bits per heavy atom. The van der Waals surface area contributed by atoms with Crippen molar-refractivity contribution in [1.82, 2.24) is 0 Å². The molecule has 0 N–H and O–H groups in total. The molecule has 12 nitrogen and oxygen atoms in total. The van der Waals surface area contributed by atoms with Gasteiger partial charge in [0.1, 0.15) is 6.10 Å². The van der Waals surface area contributed by atoms with Gasteiger partial charge in [0, 0.05) is 32.6 Å². The van der Waals surface area contributed by atoms with Crippen LogP contribution in [0.4, 0.5) is 0 Å². The lowest BCUT2D eigenvalue weighted by Gasteiger charge is -2.43. The molecule has 1 aliphatic heterocycles. The average molecular weight is 373 g/mol. The van der Waals surface area contributed by atoms with Crippen LogP contribution in [0, 0.1) is 0 Å². The molecular weight excluding hydrogens is 354 g/mol. The topological polar surface area (TPSA) is 163 Å². The van der Waals surface area contributed by atoms with Gasteiger partial charge in [-0.25, -0.2) is 0 Å². The molecule has 12 heteroatoms. The molecule has 0 aliphatic carbocycles. The van der Waals surface area contributed by atoms with E-state index in [1.54, 1.807) is 0 Å². The van der Waals surface area contributed by atoms with E-state index >= 15 is 0 Å². The molecule has 1 rings (SSSR count). The van der Waals surface area contributed by atoms with Crippen LogP contribution >= 0.6 is 0 Å². The fraction of sp³-hybridized carbons (Fsp3) is 0.714. The zero-order valence-electron chi connectivity index (χ0n) is 14.6. The Labute approximate surface area is 148 Å². The van der Waals surface area contributed by atoms with Crippen LogP contribution in [-0.2, 0) is 42.9 Å². The van der Waals surface area contributed by atoms with Gasteiger partial charge >= 0.3 is 23.9 Å². The average Bonchev–Trinajstić information content (AvgIpc) is 2.49. The fourth-order valence-electron chi connectivity index (χ4n) is 2.38. The van der Waals surface area contributed by atoms with Crippen molar-refractivity contribution < 1.29 is 42.9 Å². The number of nitrogens with zero attached hydrogens (tertiary/aromatic N) is 3. The van der Waals surface area contributed by atoms with Crippen LogP contribution in [0.25, 0.3) is 10.4 Å². The third kappa shape index (κ3) is 6.22. The number of carbonyl (C=O) groups is 4. The maximum Gasteiger partial charge on any atom is 0.305 e. The quantitative estimate of drug-likeness (QED) is 0.210. The summed E-state index contributed by atoms with van der Waals surface area (Å²) in [6, 6.07) is 0. The van der Waals surface area contributed by atoms with Crippen molar-refractivity contribution in [3.8, 4) is 0 Å². The molecular formula is C14H19N3O9. The van der Waals surface area contributed by atoms with Gasteiger partial charge in [0.05, 0.1) is 6.54 Å². The van der Waals surface area contributed by atoms with Crippen molar-refractivity contribution in [2.45, 2.75) is 58.4 Å². The van der Waals surface area contributed by atoms with E-state index in [9.17, 15) is 19.2 Å². The smallest absolute Gasteiger partial charge is 0.305 e. The van der Waals surface area contributed by atoms with Crippen LogP contribution in [0.1, 0.15) is 27.7 Å². The van der Waals surface area contributed by atoms with Gasteiger partial charge in [-0.15, -0.1) is 0 Å². The Bertz CT molecular complexity index is 587. The van der Waals surface area contributed by atoms with E-state index in [4.69, 9.17) is 29.2 Å². The summed E-state index contributed by atoms with van der Waals surface area (Å²) < 4.78 is 25.8. The summed E-state index contributed by atoms with van der Waals surface area (Å²) in [6.45, 7) is 4.05. The summed E-state index contributed by atoms with van der Waals surface area (Å²) in [4.78, 5) is 48.3. The van der Waals surface area contributed by atoms with Crippen LogP contribution in [0.3, 0.4) is 0 Å². The highest BCUT2D eigenvalue weighted by molar-refractivity contribution is 5.69. The molecule has 0 saturated carbocycles. The largest absolute Gasteiger partial charge is 0.456 e. The maximum atomic E-state index is 11.5. The summed E-state index contributed by atoms with van der Waals surface area (Å²) in [5, 5.41) is 3.34. The van der Waals surface area contributed by atoms with E-state index in [1.165, 1.54) is 0 Å². The van der Waals surface area contributed by atoms with Crippen molar-refractivity contribution in [2.24, 2.45) is 5.11 Å². The fourth-order valence-corrected chi connectivity index (χ4v) is 2.38. The monoisotopic (exact) mass is 373 g/mol. The standard InChI is InChI=1S/C14H19N3O9/c1-6(18)22-11-10(5-16-17-15)26-14(25-9(4)21)13(24-8(3)20)12(11)23-7(2)19/h10-14H,5H2,1-4H3/t10-,11-,12+,13-,14+/m1/s1. The number of rotatable bonds is 6. The molecule has 0 spiro atoms. The lowest BCUT2D eigenvalue weighted by molar-refractivity contribution is -0.293. The normalized spacial score (nSPS) is 27.5. The second-order valence-corrected chi connectivity index (χ2v) is 5.29. The summed E-state index contributed by atoms with van der Waals surface area (Å²) in [5.41, 5.74) is 8.51. The molecule has 0 amide bonds. The van der Waals surface area contributed by atoms with Gasteiger partial charge in [0.15, 0.2) is 12.2 Å². The minimum atomic E-state index is -1.47. The summed E-state index contributed by atoms with van der Waals surface area (Å²) in [7, 11) is 0. The lowest BCUT2D eigenvalue weighted by atomic mass is 9.97. The molecule has 5 atom stereocenters. The van der Waals surface area contributed by atoms with Crippen molar-refractivity contribution in [1.29, 1.82) is 0 Å². The molecule has 144 valence electrons. The third-order valence-corrected chi connectivity index (χ3v) is 3.10. The van der Waals surface area contributed by atoms with Gasteiger partial charge in [-0.05, 0) is 5.53 Å². The Kier molecular flexibility index (Phi) is 7.81. The second kappa shape index (κ2) is 9.59. The van der Waals surface area contributed by atoms with Crippen LogP contribution in [0.5, 0.6) is 0 Å². The van der Waals surface area contributed by atoms with E-state index in [1.807, 2.05) is 0 Å². The van der Waals surface area contributed by atoms with Gasteiger partial charge in [-0.1, -0.05) is 5.11 Å². The zero-order chi connectivity index (χ0) is 19.9. The minimum Gasteiger partial charge on any atom is -0.456 e. The highest BCUT2D eigenvalue weighted by atomic mass is 16.7. The molecule has 0 aromatic carbocycles. The first-order valence-electron chi connectivity index (χ1n) is 7.51. The first-order chi connectivity index (χ1) is 12.1. The van der Waals surface area contributed by atoms with Crippen molar-refractivity contribution >= 4 is 23.9 Å². The van der Waals surface area contributed by atoms with Crippen molar-refractivity contribution in [3.63, 3.8) is 0 Å². The SMILES string of the molecule is CC(=O)O[C@H]1O[C@H](CN=[N+]=[N-])[C@@H](OC(C)=O)[C@H](OC(C)=O)[C@H]1OC(C)=O. The van der Waals surface area contributed by atoms with E-state index < -0.39 is 54.6 Å². The van der Waals surface area contributed by atoms with E-state index in [0.717, 1.165) is 27.7 Å². The minimum absolute atomic E-state index is 0.323. The maximum absolute atomic E-state index is 11.5. The first kappa shape index (κ1) is 21.2. The van der Waals surface area contributed by atoms with Crippen LogP contribution in [-0.4, -0.2) is 61.1 Å². The van der Waals surface area contributed by atoms with Gasteiger partial charge in [0.25, 0.3) is 0 Å². The van der Waals surface area contributed by atoms with E-state index in [-0.39, 0.29) is 6.54 Å². The third-order valence-electron chi connectivity index (χ3n) is 3.10. The molecule has 1 aliphatic rings. The number of ether oxygens (including phenoxy) is 5. The summed E-state index contributed by atoms with van der Waals surface area (Å²) in [6.07, 6.45) is -6.59. The molecule has 1 saturated heterocycles. The van der Waals surface area contributed by atoms with Crippen LogP contribution in [0.2, 0.25) is 0 Å². The molecule has 1 heterocycles. The Balaban J connectivity index is 3.32. The highest BCUT2D eigenvalue weighted by Gasteiger charge is 2.52. The number of hydrogen-bond donors (Lipinski definition) is 0. The van der Waals surface area contributed by atoms with Gasteiger partial charge in [-0.2, -0.15) is 0 Å². The number of carbonyl (C=O) groups excluding carboxylic acids is 4. The van der Waals surface area contributed by atoms with Crippen LogP contribution in [0.15, 0.2) is 5.11 Å². The molecule has 0 radical (unpaired) electrons. The number of azide groups is 1.